The maximum atomic E-state index is 5.74. The summed E-state index contributed by atoms with van der Waals surface area (Å²) in [5, 5.41) is 13.0. The maximum Gasteiger partial charge on any atom is 0.216 e. The molecule has 2 heterocycles. The molecule has 0 amide bonds. The first-order chi connectivity index (χ1) is 13.7. The van der Waals surface area contributed by atoms with Crippen LogP contribution < -0.4 is 4.74 Å². The fraction of sp³-hybridized carbons (Fsp3) is 0.190. The molecule has 6 nitrogen and oxygen atoms in total. The number of para-hydroxylation sites is 2. The predicted octanol–water partition coefficient (Wildman–Crippen LogP) is 4.86. The third-order valence-electron chi connectivity index (χ3n) is 4.55. The van der Waals surface area contributed by atoms with E-state index in [1.807, 2.05) is 49.5 Å². The third-order valence-corrected chi connectivity index (χ3v) is 4.81. The van der Waals surface area contributed by atoms with Gasteiger partial charge in [0.25, 0.3) is 0 Å². The largest absolute Gasteiger partial charge is 0.493 e. The highest BCUT2D eigenvalue weighted by Gasteiger charge is 2.13. The second kappa shape index (κ2) is 7.82. The minimum atomic E-state index is 0.428. The van der Waals surface area contributed by atoms with E-state index < -0.39 is 0 Å². The normalized spacial score (nSPS) is 11.5. The number of aromatic amines is 1. The first kappa shape index (κ1) is 18.2. The van der Waals surface area contributed by atoms with Crippen molar-refractivity contribution in [1.82, 2.24) is 19.4 Å². The first-order valence-electron chi connectivity index (χ1n) is 9.24. The van der Waals surface area contributed by atoms with Crippen LogP contribution in [0.4, 0.5) is 0 Å². The SMILES string of the molecule is CCOc1ccccc1-c1n[nH]c(=S)n1/N=C\c1cn(CC)c2ccccc12. The Balaban J connectivity index is 1.79. The van der Waals surface area contributed by atoms with E-state index in [1.54, 1.807) is 4.68 Å². The fourth-order valence-electron chi connectivity index (χ4n) is 3.27. The van der Waals surface area contributed by atoms with Crippen molar-refractivity contribution < 1.29 is 4.74 Å². The van der Waals surface area contributed by atoms with Gasteiger partial charge in [0.1, 0.15) is 5.75 Å². The van der Waals surface area contributed by atoms with Crippen LogP contribution in [-0.2, 0) is 6.54 Å². The van der Waals surface area contributed by atoms with Crippen molar-refractivity contribution in [3.05, 3.63) is 65.1 Å². The molecule has 1 N–H and O–H groups in total. The van der Waals surface area contributed by atoms with Crippen LogP contribution in [0, 0.1) is 4.77 Å². The molecular weight excluding hydrogens is 370 g/mol. The summed E-state index contributed by atoms with van der Waals surface area (Å²) in [6.45, 7) is 5.55. The monoisotopic (exact) mass is 391 g/mol. The second-order valence-electron chi connectivity index (χ2n) is 6.23. The van der Waals surface area contributed by atoms with E-state index in [0.717, 1.165) is 28.8 Å². The lowest BCUT2D eigenvalue weighted by Gasteiger charge is -2.08. The summed E-state index contributed by atoms with van der Waals surface area (Å²) in [5.41, 5.74) is 3.05. The topological polar surface area (TPSA) is 60.1 Å². The fourth-order valence-corrected chi connectivity index (χ4v) is 3.44. The van der Waals surface area contributed by atoms with Crippen molar-refractivity contribution in [3.63, 3.8) is 0 Å². The number of H-pyrrole nitrogens is 1. The van der Waals surface area contributed by atoms with E-state index in [4.69, 9.17) is 17.0 Å². The number of hydrogen-bond acceptors (Lipinski definition) is 4. The molecule has 0 spiro atoms. The van der Waals surface area contributed by atoms with Crippen LogP contribution in [0.15, 0.2) is 59.8 Å². The van der Waals surface area contributed by atoms with Crippen molar-refractivity contribution in [2.75, 3.05) is 6.61 Å². The van der Waals surface area contributed by atoms with Gasteiger partial charge in [0.05, 0.1) is 18.4 Å². The van der Waals surface area contributed by atoms with Crippen LogP contribution in [0.1, 0.15) is 19.4 Å². The van der Waals surface area contributed by atoms with Crippen molar-refractivity contribution >= 4 is 29.3 Å². The van der Waals surface area contributed by atoms with Gasteiger partial charge in [-0.3, -0.25) is 0 Å². The molecule has 4 rings (SSSR count). The first-order valence-corrected chi connectivity index (χ1v) is 9.65. The molecule has 28 heavy (non-hydrogen) atoms. The van der Waals surface area contributed by atoms with Crippen LogP contribution >= 0.6 is 12.2 Å². The van der Waals surface area contributed by atoms with Crippen LogP contribution in [0.3, 0.4) is 0 Å². The molecule has 0 atom stereocenters. The Morgan fingerprint density at radius 2 is 1.93 bits per heavy atom. The van der Waals surface area contributed by atoms with Gasteiger partial charge < -0.3 is 9.30 Å². The van der Waals surface area contributed by atoms with Crippen LogP contribution in [0.25, 0.3) is 22.3 Å². The van der Waals surface area contributed by atoms with Crippen LogP contribution in [0.2, 0.25) is 0 Å². The smallest absolute Gasteiger partial charge is 0.216 e. The number of nitrogens with zero attached hydrogens (tertiary/aromatic N) is 4. The molecule has 0 aliphatic heterocycles. The van der Waals surface area contributed by atoms with Crippen molar-refractivity contribution in [2.45, 2.75) is 20.4 Å². The Labute approximate surface area is 168 Å². The molecule has 0 bridgehead atoms. The molecule has 7 heteroatoms. The average molecular weight is 392 g/mol. The molecule has 0 aliphatic carbocycles. The van der Waals surface area contributed by atoms with Gasteiger partial charge >= 0.3 is 0 Å². The standard InChI is InChI=1S/C21H21N5OS/c1-3-25-14-15(16-9-5-7-11-18(16)25)13-22-26-20(23-24-21(26)28)17-10-6-8-12-19(17)27-4-2/h5-14H,3-4H2,1-2H3,(H,24,28)/b22-13-. The molecule has 142 valence electrons. The van der Waals surface area contributed by atoms with Gasteiger partial charge in [0.2, 0.25) is 4.77 Å². The number of benzene rings is 2. The Morgan fingerprint density at radius 1 is 1.14 bits per heavy atom. The van der Waals surface area contributed by atoms with Crippen molar-refractivity contribution in [2.24, 2.45) is 5.10 Å². The highest BCUT2D eigenvalue weighted by molar-refractivity contribution is 7.71. The predicted molar refractivity (Wildman–Crippen MR) is 115 cm³/mol. The summed E-state index contributed by atoms with van der Waals surface area (Å²) in [5.74, 6) is 1.36. The highest BCUT2D eigenvalue weighted by Crippen LogP contribution is 2.28. The lowest BCUT2D eigenvalue weighted by molar-refractivity contribution is 0.341. The number of hydrogen-bond donors (Lipinski definition) is 1. The number of nitrogens with one attached hydrogen (secondary N) is 1. The maximum absolute atomic E-state index is 5.74. The molecule has 0 fully saturated rings. The van der Waals surface area contributed by atoms with E-state index in [9.17, 15) is 0 Å². The summed E-state index contributed by atoms with van der Waals surface area (Å²) in [7, 11) is 0. The molecular formula is C21H21N5OS. The lowest BCUT2D eigenvalue weighted by Crippen LogP contribution is -1.99. The molecule has 4 aromatic rings. The summed E-state index contributed by atoms with van der Waals surface area (Å²) in [6, 6.07) is 16.0. The summed E-state index contributed by atoms with van der Waals surface area (Å²) in [6.07, 6.45) is 3.93. The Bertz CT molecular complexity index is 1200. The van der Waals surface area contributed by atoms with Crippen LogP contribution in [-0.4, -0.2) is 32.3 Å². The highest BCUT2D eigenvalue weighted by atomic mass is 32.1. The second-order valence-corrected chi connectivity index (χ2v) is 6.61. The molecule has 2 aromatic heterocycles. The zero-order chi connectivity index (χ0) is 19.5. The van der Waals surface area contributed by atoms with E-state index in [-0.39, 0.29) is 0 Å². The van der Waals surface area contributed by atoms with Gasteiger partial charge in [-0.05, 0) is 44.3 Å². The van der Waals surface area contributed by atoms with Crippen LogP contribution in [0.5, 0.6) is 5.75 Å². The quantitative estimate of drug-likeness (QED) is 0.377. The number of fused-ring (bicyclic) bond motifs is 1. The third kappa shape index (κ3) is 3.25. The van der Waals surface area contributed by atoms with Gasteiger partial charge in [0, 0.05) is 29.2 Å². The molecule has 0 radical (unpaired) electrons. The Morgan fingerprint density at radius 3 is 2.75 bits per heavy atom. The molecule has 0 aliphatic rings. The van der Waals surface area contributed by atoms with Crippen molar-refractivity contribution in [1.29, 1.82) is 0 Å². The van der Waals surface area contributed by atoms with E-state index in [0.29, 0.717) is 17.2 Å². The van der Waals surface area contributed by atoms with E-state index in [2.05, 4.69) is 45.1 Å². The summed E-state index contributed by atoms with van der Waals surface area (Å²) in [4.78, 5) is 0. The van der Waals surface area contributed by atoms with Gasteiger partial charge in [-0.25, -0.2) is 5.10 Å². The number of aryl methyl sites for hydroxylation is 1. The molecule has 0 unspecified atom stereocenters. The number of aromatic nitrogens is 4. The summed E-state index contributed by atoms with van der Waals surface area (Å²) < 4.78 is 10.0. The Hall–Kier alpha value is -3.19. The zero-order valence-corrected chi connectivity index (χ0v) is 16.6. The number of ether oxygens (including phenoxy) is 1. The zero-order valence-electron chi connectivity index (χ0n) is 15.8. The Kier molecular flexibility index (Phi) is 5.08. The lowest BCUT2D eigenvalue weighted by atomic mass is 10.2. The number of rotatable bonds is 6. The van der Waals surface area contributed by atoms with Gasteiger partial charge in [-0.2, -0.15) is 14.9 Å². The average Bonchev–Trinajstić information content (AvgIpc) is 3.27. The van der Waals surface area contributed by atoms with Gasteiger partial charge in [-0.15, -0.1) is 0 Å². The molecule has 0 saturated heterocycles. The van der Waals surface area contributed by atoms with E-state index >= 15 is 0 Å². The van der Waals surface area contributed by atoms with Gasteiger partial charge in [0.15, 0.2) is 5.82 Å². The van der Waals surface area contributed by atoms with E-state index in [1.165, 1.54) is 5.52 Å². The molecule has 0 saturated carbocycles. The van der Waals surface area contributed by atoms with Gasteiger partial charge in [-0.1, -0.05) is 30.3 Å². The summed E-state index contributed by atoms with van der Waals surface area (Å²) >= 11 is 5.41. The van der Waals surface area contributed by atoms with Crippen molar-refractivity contribution in [3.8, 4) is 17.1 Å². The molecule has 2 aromatic carbocycles. The minimum Gasteiger partial charge on any atom is -0.493 e. The minimum absolute atomic E-state index is 0.428.